The Morgan fingerprint density at radius 3 is 2.59 bits per heavy atom. The Hall–Kier alpha value is -1.36. The van der Waals surface area contributed by atoms with E-state index in [-0.39, 0.29) is 11.7 Å². The Bertz CT molecular complexity index is 406. The average Bonchev–Trinajstić information content (AvgIpc) is 2.34. The van der Waals surface area contributed by atoms with Crippen LogP contribution in [0.1, 0.15) is 12.8 Å². The van der Waals surface area contributed by atoms with E-state index in [1.54, 1.807) is 7.05 Å². The largest absolute Gasteiger partial charge is 0.395 e. The molecule has 0 radical (unpaired) electrons. The quantitative estimate of drug-likeness (QED) is 0.808. The van der Waals surface area contributed by atoms with E-state index in [1.165, 1.54) is 6.07 Å². The van der Waals surface area contributed by atoms with Crippen LogP contribution in [0.2, 0.25) is 0 Å². The van der Waals surface area contributed by atoms with E-state index in [2.05, 4.69) is 0 Å². The topological polar surface area (TPSA) is 38.5 Å². The van der Waals surface area contributed by atoms with E-state index >= 15 is 0 Å². The van der Waals surface area contributed by atoms with Crippen LogP contribution in [0, 0.1) is 11.6 Å². The highest BCUT2D eigenvalue weighted by molar-refractivity contribution is 5.68. The summed E-state index contributed by atoms with van der Waals surface area (Å²) in [4.78, 5) is 1.84. The van der Waals surface area contributed by atoms with E-state index in [1.807, 2.05) is 4.90 Å². The number of hydrogen-bond donors (Lipinski definition) is 1. The van der Waals surface area contributed by atoms with Gasteiger partial charge in [0.2, 0.25) is 0 Å². The number of ether oxygens (including phenoxy) is 1. The first-order valence-electron chi connectivity index (χ1n) is 5.64. The van der Waals surface area contributed by atoms with Gasteiger partial charge in [0.25, 0.3) is 0 Å². The summed E-state index contributed by atoms with van der Waals surface area (Å²) >= 11 is 0. The molecule has 0 unspecified atom stereocenters. The lowest BCUT2D eigenvalue weighted by molar-refractivity contribution is 0.0855. The minimum absolute atomic E-state index is 0.000363. The Labute approximate surface area is 99.2 Å². The second-order valence-electron chi connectivity index (χ2n) is 4.27. The lowest BCUT2D eigenvalue weighted by Crippen LogP contribution is -2.37. The molecule has 5 heteroatoms. The van der Waals surface area contributed by atoms with Gasteiger partial charge in [-0.15, -0.1) is 0 Å². The van der Waals surface area contributed by atoms with Gasteiger partial charge >= 0.3 is 0 Å². The van der Waals surface area contributed by atoms with Gasteiger partial charge < -0.3 is 15.4 Å². The first-order chi connectivity index (χ1) is 8.09. The zero-order chi connectivity index (χ0) is 12.4. The van der Waals surface area contributed by atoms with Gasteiger partial charge in [0.15, 0.2) is 5.82 Å². The minimum atomic E-state index is -0.709. The molecule has 2 rings (SSSR count). The molecule has 0 aliphatic carbocycles. The molecular formula is C12H16F2N2O. The highest BCUT2D eigenvalue weighted by Crippen LogP contribution is 2.29. The van der Waals surface area contributed by atoms with Gasteiger partial charge in [-0.3, -0.25) is 0 Å². The zero-order valence-corrected chi connectivity index (χ0v) is 9.75. The molecule has 3 nitrogen and oxygen atoms in total. The van der Waals surface area contributed by atoms with E-state index in [0.29, 0.717) is 18.9 Å². The molecule has 1 aliphatic rings. The van der Waals surface area contributed by atoms with Crippen LogP contribution in [0.15, 0.2) is 12.1 Å². The molecule has 0 bridgehead atoms. The molecular weight excluding hydrogens is 226 g/mol. The monoisotopic (exact) mass is 242 g/mol. The third-order valence-corrected chi connectivity index (χ3v) is 3.19. The average molecular weight is 242 g/mol. The smallest absolute Gasteiger partial charge is 0.151 e. The Balaban J connectivity index is 2.26. The number of halogens is 2. The number of nitrogens with two attached hydrogens (primary N) is 1. The second-order valence-corrected chi connectivity index (χ2v) is 4.27. The lowest BCUT2D eigenvalue weighted by atomic mass is 10.1. The van der Waals surface area contributed by atoms with E-state index in [0.717, 1.165) is 18.9 Å². The van der Waals surface area contributed by atoms with Gasteiger partial charge in [-0.05, 0) is 18.9 Å². The minimum Gasteiger partial charge on any atom is -0.395 e. The predicted molar refractivity (Wildman–Crippen MR) is 63.0 cm³/mol. The normalized spacial score (nSPS) is 17.1. The van der Waals surface area contributed by atoms with Gasteiger partial charge in [-0.2, -0.15) is 0 Å². The summed E-state index contributed by atoms with van der Waals surface area (Å²) in [6.07, 6.45) is 1.68. The van der Waals surface area contributed by atoms with Crippen molar-refractivity contribution in [2.45, 2.75) is 18.9 Å². The summed E-state index contributed by atoms with van der Waals surface area (Å²) in [5.74, 6) is -1.32. The Kier molecular flexibility index (Phi) is 3.47. The number of rotatable bonds is 2. The Morgan fingerprint density at radius 1 is 1.29 bits per heavy atom. The summed E-state index contributed by atoms with van der Waals surface area (Å²) in [5.41, 5.74) is 6.06. The van der Waals surface area contributed by atoms with E-state index in [9.17, 15) is 8.78 Å². The van der Waals surface area contributed by atoms with Crippen LogP contribution in [-0.2, 0) is 4.74 Å². The van der Waals surface area contributed by atoms with Gasteiger partial charge in [0, 0.05) is 32.4 Å². The molecule has 0 amide bonds. The van der Waals surface area contributed by atoms with Crippen LogP contribution in [0.4, 0.5) is 20.2 Å². The predicted octanol–water partition coefficient (Wildman–Crippen LogP) is 2.16. The summed E-state index contributed by atoms with van der Waals surface area (Å²) in [6, 6.07) is 2.29. The first kappa shape index (κ1) is 12.1. The van der Waals surface area contributed by atoms with E-state index in [4.69, 9.17) is 10.5 Å². The maximum atomic E-state index is 13.4. The van der Waals surface area contributed by atoms with Gasteiger partial charge in [-0.25, -0.2) is 8.78 Å². The zero-order valence-electron chi connectivity index (χ0n) is 9.75. The fourth-order valence-electron chi connectivity index (χ4n) is 2.13. The van der Waals surface area contributed by atoms with Crippen molar-refractivity contribution >= 4 is 11.4 Å². The summed E-state index contributed by atoms with van der Waals surface area (Å²) < 4.78 is 31.8. The highest BCUT2D eigenvalue weighted by atomic mass is 19.1. The van der Waals surface area contributed by atoms with Gasteiger partial charge in [-0.1, -0.05) is 0 Å². The first-order valence-corrected chi connectivity index (χ1v) is 5.64. The van der Waals surface area contributed by atoms with Crippen molar-refractivity contribution in [3.05, 3.63) is 23.8 Å². The van der Waals surface area contributed by atoms with Crippen LogP contribution in [-0.4, -0.2) is 26.3 Å². The molecule has 17 heavy (non-hydrogen) atoms. The number of nitrogens with zero attached hydrogens (tertiary/aromatic N) is 1. The van der Waals surface area contributed by atoms with Crippen LogP contribution in [0.5, 0.6) is 0 Å². The standard InChI is InChI=1S/C12H16F2N2O/c1-16(9-2-4-17-5-3-9)11-7-8(13)6-10(14)12(11)15/h6-7,9H,2-5,15H2,1H3. The molecule has 0 aromatic heterocycles. The molecule has 1 aromatic carbocycles. The van der Waals surface area contributed by atoms with Crippen LogP contribution < -0.4 is 10.6 Å². The van der Waals surface area contributed by atoms with Crippen molar-refractivity contribution in [3.63, 3.8) is 0 Å². The summed E-state index contributed by atoms with van der Waals surface area (Å²) in [7, 11) is 1.81. The summed E-state index contributed by atoms with van der Waals surface area (Å²) in [6.45, 7) is 1.35. The maximum Gasteiger partial charge on any atom is 0.151 e. The Morgan fingerprint density at radius 2 is 1.94 bits per heavy atom. The van der Waals surface area contributed by atoms with Crippen molar-refractivity contribution in [2.75, 3.05) is 30.9 Å². The molecule has 0 saturated carbocycles. The highest BCUT2D eigenvalue weighted by Gasteiger charge is 2.21. The van der Waals surface area contributed by atoms with Crippen molar-refractivity contribution in [3.8, 4) is 0 Å². The maximum absolute atomic E-state index is 13.4. The van der Waals surface area contributed by atoms with Crippen LogP contribution in [0.25, 0.3) is 0 Å². The molecule has 1 heterocycles. The molecule has 1 fully saturated rings. The molecule has 1 aromatic rings. The number of benzene rings is 1. The van der Waals surface area contributed by atoms with Crippen LogP contribution >= 0.6 is 0 Å². The number of hydrogen-bond acceptors (Lipinski definition) is 3. The molecule has 0 atom stereocenters. The third kappa shape index (κ3) is 2.49. The SMILES string of the molecule is CN(c1cc(F)cc(F)c1N)C1CCOCC1. The fourth-order valence-corrected chi connectivity index (χ4v) is 2.13. The second kappa shape index (κ2) is 4.87. The van der Waals surface area contributed by atoms with Crippen molar-refractivity contribution in [1.29, 1.82) is 0 Å². The summed E-state index contributed by atoms with van der Waals surface area (Å²) in [5, 5.41) is 0. The van der Waals surface area contributed by atoms with Gasteiger partial charge in [0.1, 0.15) is 5.82 Å². The lowest BCUT2D eigenvalue weighted by Gasteiger charge is -2.33. The molecule has 94 valence electrons. The molecule has 0 spiro atoms. The molecule has 1 aliphatic heterocycles. The van der Waals surface area contributed by atoms with Gasteiger partial charge in [0.05, 0.1) is 11.4 Å². The van der Waals surface area contributed by atoms with Crippen molar-refractivity contribution in [2.24, 2.45) is 0 Å². The molecule has 1 saturated heterocycles. The fraction of sp³-hybridized carbons (Fsp3) is 0.500. The number of anilines is 2. The van der Waals surface area contributed by atoms with E-state index < -0.39 is 11.6 Å². The van der Waals surface area contributed by atoms with Crippen molar-refractivity contribution in [1.82, 2.24) is 0 Å². The number of nitrogen functional groups attached to an aromatic ring is 1. The molecule has 2 N–H and O–H groups in total. The third-order valence-electron chi connectivity index (χ3n) is 3.19. The van der Waals surface area contributed by atoms with Crippen LogP contribution in [0.3, 0.4) is 0 Å². The van der Waals surface area contributed by atoms with Crippen molar-refractivity contribution < 1.29 is 13.5 Å².